The summed E-state index contributed by atoms with van der Waals surface area (Å²) < 4.78 is 55.8. The first-order valence-corrected chi connectivity index (χ1v) is 6.47. The number of rotatable bonds is 3. The lowest BCUT2D eigenvalue weighted by Crippen LogP contribution is -2.21. The molecule has 1 saturated carbocycles. The van der Waals surface area contributed by atoms with Gasteiger partial charge < -0.3 is 0 Å². The van der Waals surface area contributed by atoms with E-state index in [1.807, 2.05) is 13.8 Å². The highest BCUT2D eigenvalue weighted by Gasteiger charge is 2.74. The molecule has 1 heterocycles. The minimum absolute atomic E-state index is 0.0788. The Bertz CT molecular complexity index is 535. The first-order chi connectivity index (χ1) is 8.69. The summed E-state index contributed by atoms with van der Waals surface area (Å²) in [5, 5.41) is 3.78. The van der Waals surface area contributed by atoms with Gasteiger partial charge in [0.25, 0.3) is 12.3 Å². The molecule has 106 valence electrons. The maximum Gasteiger partial charge on any atom is 0.293 e. The lowest BCUT2D eigenvalue weighted by Gasteiger charge is -2.16. The van der Waals surface area contributed by atoms with E-state index in [1.165, 1.54) is 0 Å². The Labute approximate surface area is 108 Å². The maximum atomic E-state index is 14.3. The third-order valence-corrected chi connectivity index (χ3v) is 4.29. The highest BCUT2D eigenvalue weighted by molar-refractivity contribution is 5.51. The molecule has 0 spiro atoms. The van der Waals surface area contributed by atoms with E-state index in [4.69, 9.17) is 0 Å². The van der Waals surface area contributed by atoms with Gasteiger partial charge in [0.15, 0.2) is 0 Å². The van der Waals surface area contributed by atoms with Crippen molar-refractivity contribution >= 4 is 0 Å². The van der Waals surface area contributed by atoms with Crippen molar-refractivity contribution in [2.45, 2.75) is 51.5 Å². The summed E-state index contributed by atoms with van der Waals surface area (Å²) in [5.74, 6) is -3.78. The Kier molecular flexibility index (Phi) is 2.40. The highest BCUT2D eigenvalue weighted by atomic mass is 19.3. The molecule has 19 heavy (non-hydrogen) atoms. The lowest BCUT2D eigenvalue weighted by molar-refractivity contribution is -0.0340. The van der Waals surface area contributed by atoms with Crippen LogP contribution in [-0.4, -0.2) is 9.78 Å². The zero-order valence-electron chi connectivity index (χ0n) is 11.1. The van der Waals surface area contributed by atoms with Crippen LogP contribution in [0.15, 0.2) is 0 Å². The van der Waals surface area contributed by atoms with Crippen molar-refractivity contribution < 1.29 is 17.6 Å². The van der Waals surface area contributed by atoms with Gasteiger partial charge >= 0.3 is 0 Å². The summed E-state index contributed by atoms with van der Waals surface area (Å²) in [7, 11) is 0. The zero-order chi connectivity index (χ0) is 14.2. The van der Waals surface area contributed by atoms with Gasteiger partial charge in [-0.05, 0) is 12.3 Å². The van der Waals surface area contributed by atoms with Crippen molar-refractivity contribution in [3.8, 4) is 0 Å². The van der Waals surface area contributed by atoms with E-state index < -0.39 is 29.4 Å². The van der Waals surface area contributed by atoms with Crippen LogP contribution in [0, 0.1) is 11.8 Å². The topological polar surface area (TPSA) is 17.8 Å². The molecule has 1 fully saturated rings. The molecule has 0 amide bonds. The molecule has 0 aromatic carbocycles. The number of halogens is 4. The van der Waals surface area contributed by atoms with Crippen LogP contribution < -0.4 is 0 Å². The number of alkyl halides is 4. The van der Waals surface area contributed by atoms with E-state index in [-0.39, 0.29) is 30.1 Å². The molecule has 0 radical (unpaired) electrons. The fourth-order valence-corrected chi connectivity index (χ4v) is 3.35. The Balaban J connectivity index is 2.19. The normalized spacial score (nSPS) is 30.9. The van der Waals surface area contributed by atoms with E-state index in [0.717, 1.165) is 4.68 Å². The molecule has 2 nitrogen and oxygen atoms in total. The van der Waals surface area contributed by atoms with Gasteiger partial charge in [-0.25, -0.2) is 8.78 Å². The summed E-state index contributed by atoms with van der Waals surface area (Å²) in [6.07, 6.45) is -2.52. The Hall–Kier alpha value is -1.07. The smallest absolute Gasteiger partial charge is 0.262 e. The van der Waals surface area contributed by atoms with Gasteiger partial charge in [0.1, 0.15) is 11.4 Å². The van der Waals surface area contributed by atoms with Crippen LogP contribution in [0.2, 0.25) is 0 Å². The number of nitrogens with zero attached hydrogens (tertiary/aromatic N) is 2. The van der Waals surface area contributed by atoms with Crippen LogP contribution in [0.25, 0.3) is 0 Å². The minimum Gasteiger partial charge on any atom is -0.262 e. The largest absolute Gasteiger partial charge is 0.293 e. The van der Waals surface area contributed by atoms with Crippen LogP contribution in [0.3, 0.4) is 0 Å². The van der Waals surface area contributed by atoms with Gasteiger partial charge in [0.05, 0.1) is 0 Å². The van der Waals surface area contributed by atoms with Gasteiger partial charge in [-0.2, -0.15) is 13.9 Å². The molecule has 1 aromatic rings. The first-order valence-electron chi connectivity index (χ1n) is 6.47. The van der Waals surface area contributed by atoms with Crippen LogP contribution in [-0.2, 0) is 17.9 Å². The molecule has 0 aliphatic heterocycles. The summed E-state index contributed by atoms with van der Waals surface area (Å²) in [5.41, 5.74) is -1.41. The Morgan fingerprint density at radius 1 is 1.37 bits per heavy atom. The Morgan fingerprint density at radius 3 is 2.53 bits per heavy atom. The van der Waals surface area contributed by atoms with E-state index >= 15 is 0 Å². The van der Waals surface area contributed by atoms with Crippen LogP contribution in [0.1, 0.15) is 50.6 Å². The van der Waals surface area contributed by atoms with Crippen molar-refractivity contribution in [3.63, 3.8) is 0 Å². The zero-order valence-corrected chi connectivity index (χ0v) is 11.1. The lowest BCUT2D eigenvalue weighted by atomic mass is 9.99. The van der Waals surface area contributed by atoms with Gasteiger partial charge in [-0.1, -0.05) is 20.8 Å². The second-order valence-corrected chi connectivity index (χ2v) is 6.28. The molecule has 0 bridgehead atoms. The predicted octanol–water partition coefficient (Wildman–Crippen LogP) is 3.86. The van der Waals surface area contributed by atoms with E-state index in [9.17, 15) is 17.6 Å². The molecule has 0 N–H and O–H groups in total. The quantitative estimate of drug-likeness (QED) is 0.766. The molecular formula is C13H16F4N2. The van der Waals surface area contributed by atoms with Gasteiger partial charge in [0, 0.05) is 23.4 Å². The van der Waals surface area contributed by atoms with Crippen molar-refractivity contribution in [3.05, 3.63) is 17.0 Å². The van der Waals surface area contributed by atoms with Crippen molar-refractivity contribution in [1.29, 1.82) is 0 Å². The number of aromatic nitrogens is 2. The van der Waals surface area contributed by atoms with E-state index in [2.05, 4.69) is 5.10 Å². The third kappa shape index (κ3) is 1.51. The summed E-state index contributed by atoms with van der Waals surface area (Å²) in [6, 6.07) is 0. The molecule has 6 heteroatoms. The average molecular weight is 276 g/mol. The molecule has 0 unspecified atom stereocenters. The van der Waals surface area contributed by atoms with Crippen molar-refractivity contribution in [1.82, 2.24) is 9.78 Å². The molecule has 1 aromatic heterocycles. The number of hydrogen-bond acceptors (Lipinski definition) is 1. The fraction of sp³-hybridized carbons (Fsp3) is 0.769. The molecule has 2 aliphatic carbocycles. The minimum atomic E-state index is -3.03. The second-order valence-electron chi connectivity index (χ2n) is 6.28. The maximum absolute atomic E-state index is 14.3. The van der Waals surface area contributed by atoms with Crippen LogP contribution in [0.4, 0.5) is 17.6 Å². The number of fused-ring (bicyclic) bond motifs is 3. The summed E-state index contributed by atoms with van der Waals surface area (Å²) >= 11 is 0. The first kappa shape index (κ1) is 12.9. The molecule has 0 saturated heterocycles. The van der Waals surface area contributed by atoms with E-state index in [0.29, 0.717) is 0 Å². The number of hydrogen-bond donors (Lipinski definition) is 0. The summed E-state index contributed by atoms with van der Waals surface area (Å²) in [4.78, 5) is 0. The predicted molar refractivity (Wildman–Crippen MR) is 61.4 cm³/mol. The van der Waals surface area contributed by atoms with Gasteiger partial charge in [0.2, 0.25) is 0 Å². The SMILES string of the molecule is CC(C)Cn1nc(C(F)F)c2c1C(F)(F)[C@@H]1C[C@]21C. The molecule has 2 atom stereocenters. The standard InChI is InChI=1S/C13H16F4N2/c1-6(2)5-19-10-8(9(18-19)11(14)15)12(3)4-7(12)13(10,16)17/h6-7,11H,4-5H2,1-3H3/t7-,12+/m1/s1. The van der Waals surface area contributed by atoms with Crippen molar-refractivity contribution in [2.24, 2.45) is 11.8 Å². The summed E-state index contributed by atoms with van der Waals surface area (Å²) in [6.45, 7) is 5.59. The highest BCUT2D eigenvalue weighted by Crippen LogP contribution is 2.71. The molecule has 2 aliphatic rings. The van der Waals surface area contributed by atoms with Crippen molar-refractivity contribution in [2.75, 3.05) is 0 Å². The van der Waals surface area contributed by atoms with Gasteiger partial charge in [-0.3, -0.25) is 4.68 Å². The van der Waals surface area contributed by atoms with Crippen LogP contribution in [0.5, 0.6) is 0 Å². The monoisotopic (exact) mass is 276 g/mol. The van der Waals surface area contributed by atoms with E-state index in [1.54, 1.807) is 6.92 Å². The molecular weight excluding hydrogens is 260 g/mol. The van der Waals surface area contributed by atoms with Crippen LogP contribution >= 0.6 is 0 Å². The average Bonchev–Trinajstić information content (AvgIpc) is 2.75. The third-order valence-electron chi connectivity index (χ3n) is 4.29. The van der Waals surface area contributed by atoms with Gasteiger partial charge in [-0.15, -0.1) is 0 Å². The second kappa shape index (κ2) is 3.52. The fourth-order valence-electron chi connectivity index (χ4n) is 3.35. The molecule has 3 rings (SSSR count). The Morgan fingerprint density at radius 2 is 2.00 bits per heavy atom.